The summed E-state index contributed by atoms with van der Waals surface area (Å²) >= 11 is 0. The molecule has 3 N–H and O–H groups in total. The summed E-state index contributed by atoms with van der Waals surface area (Å²) in [6, 6.07) is 7.58. The Bertz CT molecular complexity index is 700. The van der Waals surface area contributed by atoms with Crippen LogP contribution < -0.4 is 11.1 Å². The average molecular weight is 276 g/mol. The minimum atomic E-state index is 0.520. The van der Waals surface area contributed by atoms with Gasteiger partial charge in [0.15, 0.2) is 0 Å². The maximum absolute atomic E-state index is 5.87. The van der Waals surface area contributed by atoms with Gasteiger partial charge >= 0.3 is 0 Å². The monoisotopic (exact) mass is 276 g/mol. The van der Waals surface area contributed by atoms with Gasteiger partial charge in [0.2, 0.25) is 0 Å². The predicted molar refractivity (Wildman–Crippen MR) is 89.3 cm³/mol. The first kappa shape index (κ1) is 14.4. The number of terminal acetylenes is 1. The van der Waals surface area contributed by atoms with E-state index in [1.54, 1.807) is 12.2 Å². The second-order valence-corrected chi connectivity index (χ2v) is 4.36. The lowest BCUT2D eigenvalue weighted by Crippen LogP contribution is -2.20. The van der Waals surface area contributed by atoms with E-state index in [1.165, 1.54) is 6.34 Å². The third-order valence-corrected chi connectivity index (χ3v) is 2.78. The molecule has 4 nitrogen and oxygen atoms in total. The summed E-state index contributed by atoms with van der Waals surface area (Å²) in [4.78, 5) is 8.40. The fourth-order valence-corrected chi connectivity index (χ4v) is 1.83. The van der Waals surface area contributed by atoms with Crippen LogP contribution in [-0.4, -0.2) is 18.7 Å². The topological polar surface area (TPSA) is 62.8 Å². The molecule has 1 aromatic carbocycles. The number of aliphatic imine (C=N–C) groups is 2. The number of nitrogens with two attached hydrogens (primary N) is 1. The van der Waals surface area contributed by atoms with E-state index in [0.717, 1.165) is 16.8 Å². The van der Waals surface area contributed by atoms with Crippen LogP contribution in [0.2, 0.25) is 0 Å². The molecule has 0 aromatic heterocycles. The molecule has 1 aromatic rings. The summed E-state index contributed by atoms with van der Waals surface area (Å²) in [5.74, 6) is 3.31. The number of amidine groups is 1. The van der Waals surface area contributed by atoms with Crippen LogP contribution in [0.25, 0.3) is 0 Å². The first-order valence-corrected chi connectivity index (χ1v) is 6.42. The average Bonchev–Trinajstić information content (AvgIpc) is 2.50. The van der Waals surface area contributed by atoms with Gasteiger partial charge in [0, 0.05) is 22.5 Å². The van der Waals surface area contributed by atoms with Gasteiger partial charge < -0.3 is 11.1 Å². The Balaban J connectivity index is 2.25. The van der Waals surface area contributed by atoms with Crippen molar-refractivity contribution in [3.8, 4) is 12.3 Å². The number of allylic oxidation sites excluding steroid dienone is 3. The Morgan fingerprint density at radius 3 is 3.10 bits per heavy atom. The van der Waals surface area contributed by atoms with Gasteiger partial charge in [-0.05, 0) is 30.4 Å². The molecule has 0 amide bonds. The highest BCUT2D eigenvalue weighted by molar-refractivity contribution is 6.12. The minimum absolute atomic E-state index is 0.520. The maximum Gasteiger partial charge on any atom is 0.137 e. The van der Waals surface area contributed by atoms with Gasteiger partial charge in [-0.1, -0.05) is 24.6 Å². The Labute approximate surface area is 124 Å². The minimum Gasteiger partial charge on any atom is -0.399 e. The Morgan fingerprint density at radius 2 is 2.33 bits per heavy atom. The number of nitrogens with zero attached hydrogens (tertiary/aromatic N) is 2. The highest BCUT2D eigenvalue weighted by atomic mass is 15.0. The molecule has 0 spiro atoms. The Hall–Kier alpha value is -3.06. The van der Waals surface area contributed by atoms with Crippen molar-refractivity contribution < 1.29 is 0 Å². The van der Waals surface area contributed by atoms with Crippen LogP contribution >= 0.6 is 0 Å². The van der Waals surface area contributed by atoms with Gasteiger partial charge in [-0.3, -0.25) is 4.99 Å². The molecule has 0 saturated carbocycles. The molecular formula is C17H16N4. The number of hydrogen-bond donors (Lipinski definition) is 2. The molecule has 0 unspecified atom stereocenters. The summed E-state index contributed by atoms with van der Waals surface area (Å²) in [5.41, 5.74) is 9.05. The summed E-state index contributed by atoms with van der Waals surface area (Å²) in [6.07, 6.45) is 12.1. The lowest BCUT2D eigenvalue weighted by molar-refractivity contribution is 1.17. The summed E-state index contributed by atoms with van der Waals surface area (Å²) in [5, 5.41) is 3.24. The fourth-order valence-electron chi connectivity index (χ4n) is 1.83. The number of benzene rings is 1. The van der Waals surface area contributed by atoms with Crippen LogP contribution in [0, 0.1) is 12.3 Å². The molecule has 4 heteroatoms. The zero-order valence-electron chi connectivity index (χ0n) is 11.6. The SMILES string of the molecule is C#Cc1cccc(NC2=NC=NC/C2=C\C(N)=C/C=C)c1. The quantitative estimate of drug-likeness (QED) is 0.658. The standard InChI is InChI=1S/C17H16N4/c1-3-6-15(18)10-14-11-19-12-20-17(14)21-16-8-5-7-13(4-2)9-16/h2-3,5-10,12H,1,11,18H2,(H,19,20,21)/b14-10+,15-6+. The molecule has 0 atom stereocenters. The molecule has 1 aliphatic rings. The molecule has 2 rings (SSSR count). The van der Waals surface area contributed by atoms with Gasteiger partial charge in [-0.2, -0.15) is 0 Å². The Kier molecular flexibility index (Phi) is 4.73. The van der Waals surface area contributed by atoms with E-state index in [4.69, 9.17) is 12.2 Å². The van der Waals surface area contributed by atoms with Gasteiger partial charge in [-0.15, -0.1) is 6.42 Å². The lowest BCUT2D eigenvalue weighted by atomic mass is 10.1. The van der Waals surface area contributed by atoms with Crippen molar-refractivity contribution in [2.45, 2.75) is 0 Å². The summed E-state index contributed by atoms with van der Waals surface area (Å²) in [7, 11) is 0. The number of rotatable bonds is 3. The van der Waals surface area contributed by atoms with Gasteiger partial charge in [-0.25, -0.2) is 4.99 Å². The smallest absolute Gasteiger partial charge is 0.137 e. The van der Waals surface area contributed by atoms with Gasteiger partial charge in [0.25, 0.3) is 0 Å². The van der Waals surface area contributed by atoms with Crippen LogP contribution in [0.3, 0.4) is 0 Å². The molecular weight excluding hydrogens is 260 g/mol. The van der Waals surface area contributed by atoms with E-state index in [9.17, 15) is 0 Å². The molecule has 0 saturated heterocycles. The molecule has 1 heterocycles. The van der Waals surface area contributed by atoms with Crippen molar-refractivity contribution in [2.75, 3.05) is 11.9 Å². The number of hydrogen-bond acceptors (Lipinski definition) is 4. The lowest BCUT2D eigenvalue weighted by Gasteiger charge is -2.14. The first-order valence-electron chi connectivity index (χ1n) is 6.42. The van der Waals surface area contributed by atoms with E-state index < -0.39 is 0 Å². The molecule has 0 aliphatic carbocycles. The molecule has 1 aliphatic heterocycles. The third kappa shape index (κ3) is 3.95. The largest absolute Gasteiger partial charge is 0.399 e. The molecule has 0 bridgehead atoms. The first-order chi connectivity index (χ1) is 10.2. The second-order valence-electron chi connectivity index (χ2n) is 4.36. The highest BCUT2D eigenvalue weighted by Crippen LogP contribution is 2.14. The van der Waals surface area contributed by atoms with Crippen LogP contribution in [0.1, 0.15) is 5.56 Å². The van der Waals surface area contributed by atoms with Gasteiger partial charge in [0.05, 0.1) is 6.54 Å². The molecule has 0 radical (unpaired) electrons. The molecule has 21 heavy (non-hydrogen) atoms. The second kappa shape index (κ2) is 6.92. The van der Waals surface area contributed by atoms with Crippen LogP contribution in [0.5, 0.6) is 0 Å². The van der Waals surface area contributed by atoms with Crippen molar-refractivity contribution in [2.24, 2.45) is 15.7 Å². The van der Waals surface area contributed by atoms with Crippen molar-refractivity contribution >= 4 is 17.9 Å². The van der Waals surface area contributed by atoms with E-state index in [-0.39, 0.29) is 0 Å². The van der Waals surface area contributed by atoms with Crippen molar-refractivity contribution in [1.82, 2.24) is 0 Å². The number of anilines is 1. The zero-order valence-corrected chi connectivity index (χ0v) is 11.6. The summed E-state index contributed by atoms with van der Waals surface area (Å²) in [6.45, 7) is 4.14. The fraction of sp³-hybridized carbons (Fsp3) is 0.0588. The summed E-state index contributed by atoms with van der Waals surface area (Å²) < 4.78 is 0. The van der Waals surface area contributed by atoms with E-state index in [0.29, 0.717) is 18.1 Å². The van der Waals surface area contributed by atoms with E-state index >= 15 is 0 Å². The van der Waals surface area contributed by atoms with E-state index in [2.05, 4.69) is 27.8 Å². The van der Waals surface area contributed by atoms with Crippen molar-refractivity contribution in [1.29, 1.82) is 0 Å². The van der Waals surface area contributed by atoms with E-state index in [1.807, 2.05) is 30.3 Å². The molecule has 104 valence electrons. The zero-order chi connectivity index (χ0) is 15.1. The highest BCUT2D eigenvalue weighted by Gasteiger charge is 2.10. The Morgan fingerprint density at radius 1 is 1.48 bits per heavy atom. The number of nitrogens with one attached hydrogen (secondary N) is 1. The van der Waals surface area contributed by atoms with Crippen LogP contribution in [0.4, 0.5) is 5.69 Å². The maximum atomic E-state index is 5.87. The van der Waals surface area contributed by atoms with Crippen LogP contribution in [-0.2, 0) is 0 Å². The normalized spacial score (nSPS) is 16.2. The predicted octanol–water partition coefficient (Wildman–Crippen LogP) is 2.48. The molecule has 0 fully saturated rings. The third-order valence-electron chi connectivity index (χ3n) is 2.78. The van der Waals surface area contributed by atoms with Crippen molar-refractivity contribution in [3.63, 3.8) is 0 Å². The van der Waals surface area contributed by atoms with Crippen molar-refractivity contribution in [3.05, 3.63) is 65.9 Å². The van der Waals surface area contributed by atoms with Gasteiger partial charge in [0.1, 0.15) is 12.2 Å². The van der Waals surface area contributed by atoms with Crippen LogP contribution in [0.15, 0.2) is 70.3 Å².